The molecule has 0 spiro atoms. The van der Waals surface area contributed by atoms with Gasteiger partial charge in [0.1, 0.15) is 0 Å². The number of nitrogens with zero attached hydrogens (tertiary/aromatic N) is 4. The minimum absolute atomic E-state index is 0.0521. The number of aromatic nitrogens is 3. The Bertz CT molecular complexity index is 6670. The van der Waals surface area contributed by atoms with Crippen LogP contribution < -0.4 is 21.3 Å². The fourth-order valence-corrected chi connectivity index (χ4v) is 20.1. The van der Waals surface area contributed by atoms with E-state index in [1.54, 1.807) is 0 Å². The number of urea groups is 1. The summed E-state index contributed by atoms with van der Waals surface area (Å²) in [5.41, 5.74) is 22.6. The summed E-state index contributed by atoms with van der Waals surface area (Å²) in [6, 6.07) is 74.9. The maximum Gasteiger partial charge on any atom is 0.315 e. The van der Waals surface area contributed by atoms with Gasteiger partial charge in [-0.1, -0.05) is 199 Å². The number of anilines is 2. The van der Waals surface area contributed by atoms with Gasteiger partial charge in [-0.3, -0.25) is 24.3 Å². The van der Waals surface area contributed by atoms with E-state index >= 15 is 0 Å². The van der Waals surface area contributed by atoms with Crippen LogP contribution in [0, 0.1) is 20.8 Å². The summed E-state index contributed by atoms with van der Waals surface area (Å²) in [4.78, 5) is 48.0. The Balaban J connectivity index is 0.000000112. The number of para-hydroxylation sites is 1. The Kier molecular flexibility index (Phi) is 17.8. The second kappa shape index (κ2) is 28.2. The number of fused-ring (bicyclic) bond motifs is 22. The first kappa shape index (κ1) is 69.0. The zero-order valence-corrected chi connectivity index (χ0v) is 66.2. The van der Waals surface area contributed by atoms with Crippen LogP contribution in [0.25, 0.3) is 97.3 Å². The quantitative estimate of drug-likeness (QED) is 0.0347. The maximum atomic E-state index is 13.6. The van der Waals surface area contributed by atoms with Crippen molar-refractivity contribution < 1.29 is 9.59 Å². The minimum Gasteiger partial charge on any atom is -0.360 e. The van der Waals surface area contributed by atoms with Crippen LogP contribution in [-0.4, -0.2) is 71.8 Å². The van der Waals surface area contributed by atoms with E-state index in [1.807, 2.05) is 65.0 Å². The Hall–Kier alpha value is -10.5. The van der Waals surface area contributed by atoms with Crippen molar-refractivity contribution >= 4 is 232 Å². The molecule has 0 bridgehead atoms. The van der Waals surface area contributed by atoms with Gasteiger partial charge in [0.2, 0.25) is 5.91 Å². The highest BCUT2D eigenvalue weighted by Gasteiger charge is 2.43. The predicted molar refractivity (Wildman–Crippen MR) is 471 cm³/mol. The monoisotopic (exact) mass is 1650 g/mol. The van der Waals surface area contributed by atoms with Crippen LogP contribution in [0.4, 0.5) is 33.2 Å². The molecule has 13 aromatic carbocycles. The summed E-state index contributed by atoms with van der Waals surface area (Å²) in [7, 11) is 0. The van der Waals surface area contributed by atoms with Gasteiger partial charge in [0.05, 0.1) is 51.8 Å². The first-order valence-electron chi connectivity index (χ1n) is 37.0. The summed E-state index contributed by atoms with van der Waals surface area (Å²) < 4.78 is 4.96. The number of nitrogens with one attached hydrogen (secondary N) is 6. The van der Waals surface area contributed by atoms with Gasteiger partial charge < -0.3 is 31.2 Å². The van der Waals surface area contributed by atoms with Gasteiger partial charge in [-0.15, -0.1) is 0 Å². The summed E-state index contributed by atoms with van der Waals surface area (Å²) in [5.74, 6) is 1.06. The van der Waals surface area contributed by atoms with Gasteiger partial charge in [-0.05, 0) is 190 Å². The van der Waals surface area contributed by atoms with Crippen molar-refractivity contribution in [1.82, 2.24) is 25.2 Å². The number of thioether (sulfide) groups is 1. The topological polar surface area (TPSA) is 156 Å². The molecule has 0 saturated carbocycles. The molecule has 3 aromatic heterocycles. The van der Waals surface area contributed by atoms with E-state index in [0.717, 1.165) is 136 Å². The van der Waals surface area contributed by atoms with Crippen molar-refractivity contribution in [2.24, 2.45) is 15.0 Å². The lowest BCUT2D eigenvalue weighted by Gasteiger charge is -2.16. The average molecular weight is 1650 g/mol. The van der Waals surface area contributed by atoms with Crippen LogP contribution in [0.3, 0.4) is 0 Å². The molecule has 3 unspecified atom stereocenters. The number of aromatic amines is 2. The number of H-pyrrole nitrogens is 2. The second-order valence-corrected chi connectivity index (χ2v) is 33.6. The fraction of sp³-hybridized carbons (Fsp3) is 0.152. The van der Waals surface area contributed by atoms with Crippen LogP contribution >= 0.6 is 71.8 Å². The third kappa shape index (κ3) is 12.6. The van der Waals surface area contributed by atoms with E-state index in [1.165, 1.54) is 114 Å². The van der Waals surface area contributed by atoms with Gasteiger partial charge in [-0.2, -0.15) is 11.8 Å². The smallest absolute Gasteiger partial charge is 0.315 e. The fourth-order valence-electron chi connectivity index (χ4n) is 17.3. The Morgan fingerprint density at radius 1 is 0.505 bits per heavy atom. The highest BCUT2D eigenvalue weighted by Crippen LogP contribution is 2.48. The highest BCUT2D eigenvalue weighted by molar-refractivity contribution is 9.11. The molecule has 5 aliphatic rings. The molecule has 2 saturated heterocycles. The first-order valence-corrected chi connectivity index (χ1v) is 40.8. The standard InChI is InChI=1S/C34H29BrN4O2S.C31H21BrN4S.C27H21BrN2/c35-19-13-14-29-24(15-19)26(17-39(29)31(40)12-6-5-11-30-33-28(18-42-30)37-34(41)38-33)27-16-25-22-9-2-1-7-20(22)21-8-3-4-10-23(21)32(25)36-27;32-18-10-13-28-25(14-18)27(17-33-28)29-16-26-24-15-20(35-31(37)34-19-6-2-1-3-7-19)11-12-22(24)21-8-4-5-9-23(21)30(26)36-29;1-14-4-7-18-20(10-14)21-11-15(2)5-8-19(21)27-22(18)13-25(30-27)26-16(3)29-24-9-6-17(28)12-23(24)26/h1-4,7-10,13-15,17,28,30,33H,5-6,11-12,16,18H2,(H2,37,38,41);1-15,17,33H,16H2,(H2,34,35,37);4-12,29H,13H2,1-3H3. The SMILES string of the molecule is Cc1ccc2c3c(c4ccc(C)cc4c2c1)N=C(c1c(C)[nH]c2ccc(Br)cc12)C3.O=C1NC2CSC(CCCCC(=O)n3cc(C4=Nc5c(c6ccccc6c6ccccc56)C4)c4cc(Br)ccc43)C2N1.S=C(Nc1ccccc1)Nc1ccc2c(c1)c1c(c3ccccc32)N=C(c2c[nH]c3ccc(Br)cc23)C1. The zero-order valence-electron chi connectivity index (χ0n) is 59.8. The third-order valence-electron chi connectivity index (χ3n) is 22.3. The number of rotatable bonds is 10. The van der Waals surface area contributed by atoms with Gasteiger partial charge in [-0.25, -0.2) is 4.79 Å². The molecule has 16 aromatic rings. The number of aliphatic imine (C=N–C) groups is 3. The van der Waals surface area contributed by atoms with Gasteiger partial charge >= 0.3 is 6.03 Å². The number of unbranched alkanes of at least 4 members (excludes halogenated alkanes) is 1. The molecular weight excluding hydrogens is 1580 g/mol. The van der Waals surface area contributed by atoms with Crippen molar-refractivity contribution in [3.63, 3.8) is 0 Å². The number of thiocarbonyl (C=S) groups is 1. The summed E-state index contributed by atoms with van der Waals surface area (Å²) in [6.45, 7) is 6.48. The molecule has 2 amide bonds. The molecule has 12 nitrogen and oxygen atoms in total. The Morgan fingerprint density at radius 2 is 1.04 bits per heavy atom. The Morgan fingerprint density at radius 3 is 1.74 bits per heavy atom. The second-order valence-electron chi connectivity index (χ2n) is 29.2. The number of carbonyl (C=O) groups excluding carboxylic acids is 2. The zero-order chi connectivity index (χ0) is 73.9. The third-order valence-corrected chi connectivity index (χ3v) is 25.5. The molecule has 17 heteroatoms. The number of aryl methyl sites for hydroxylation is 3. The molecule has 0 aliphatic carbocycles. The maximum absolute atomic E-state index is 13.6. The van der Waals surface area contributed by atoms with Crippen LogP contribution in [-0.2, 0) is 19.3 Å². The molecule has 0 radical (unpaired) electrons. The molecule has 2 fully saturated rings. The van der Waals surface area contributed by atoms with E-state index < -0.39 is 0 Å². The van der Waals surface area contributed by atoms with E-state index in [-0.39, 0.29) is 24.0 Å². The van der Waals surface area contributed by atoms with Crippen molar-refractivity contribution in [3.05, 3.63) is 288 Å². The average Bonchev–Trinajstić information content (AvgIpc) is 1.64. The summed E-state index contributed by atoms with van der Waals surface area (Å²) in [6.07, 6.45) is 9.71. The first-order chi connectivity index (χ1) is 53.2. The molecule has 8 heterocycles. The molecule has 21 rings (SSSR count). The van der Waals surface area contributed by atoms with Gasteiger partial charge in [0, 0.05) is 140 Å². The van der Waals surface area contributed by atoms with E-state index in [0.29, 0.717) is 16.8 Å². The molecule has 534 valence electrons. The normalized spacial score (nSPS) is 16.1. The van der Waals surface area contributed by atoms with E-state index in [9.17, 15) is 9.59 Å². The summed E-state index contributed by atoms with van der Waals surface area (Å²) in [5, 5.41) is 32.0. The van der Waals surface area contributed by atoms with Crippen molar-refractivity contribution in [3.8, 4) is 0 Å². The number of hydrogen-bond donors (Lipinski definition) is 6. The van der Waals surface area contributed by atoms with Crippen LogP contribution in [0.5, 0.6) is 0 Å². The molecule has 109 heavy (non-hydrogen) atoms. The predicted octanol–water partition coefficient (Wildman–Crippen LogP) is 24.3. The lowest BCUT2D eigenvalue weighted by Crippen LogP contribution is -2.36. The number of halogens is 3. The number of amides is 2. The minimum atomic E-state index is -0.0521. The highest BCUT2D eigenvalue weighted by atomic mass is 79.9. The number of hydrogen-bond acceptors (Lipinski definition) is 7. The van der Waals surface area contributed by atoms with Crippen LogP contribution in [0.2, 0.25) is 0 Å². The van der Waals surface area contributed by atoms with E-state index in [2.05, 4.69) is 276 Å². The van der Waals surface area contributed by atoms with Gasteiger partial charge in [0.25, 0.3) is 0 Å². The summed E-state index contributed by atoms with van der Waals surface area (Å²) >= 11 is 18.4. The number of benzene rings is 13. The Labute approximate surface area is 663 Å². The number of carbonyl (C=O) groups is 2. The molecule has 5 aliphatic heterocycles. The lowest BCUT2D eigenvalue weighted by molar-refractivity contribution is 0.0904. The van der Waals surface area contributed by atoms with Crippen LogP contribution in [0.1, 0.15) is 80.7 Å². The largest absolute Gasteiger partial charge is 0.360 e. The van der Waals surface area contributed by atoms with Crippen molar-refractivity contribution in [2.75, 3.05) is 16.4 Å². The van der Waals surface area contributed by atoms with Crippen molar-refractivity contribution in [2.45, 2.75) is 83.1 Å². The molecular formula is C92H71Br3N10O2S2. The lowest BCUT2D eigenvalue weighted by atomic mass is 9.91. The molecule has 6 N–H and O–H groups in total. The van der Waals surface area contributed by atoms with Crippen LogP contribution in [0.15, 0.2) is 253 Å². The van der Waals surface area contributed by atoms with E-state index in [4.69, 9.17) is 27.2 Å². The molecule has 3 atom stereocenters. The van der Waals surface area contributed by atoms with Crippen molar-refractivity contribution in [1.29, 1.82) is 0 Å². The van der Waals surface area contributed by atoms with Gasteiger partial charge in [0.15, 0.2) is 5.11 Å².